The van der Waals surface area contributed by atoms with Crippen molar-refractivity contribution in [3.8, 4) is 17.4 Å². The van der Waals surface area contributed by atoms with Crippen molar-refractivity contribution in [1.82, 2.24) is 19.7 Å². The van der Waals surface area contributed by atoms with E-state index >= 15 is 0 Å². The highest BCUT2D eigenvalue weighted by atomic mass is 79.9. The topological polar surface area (TPSA) is 81.9 Å². The number of halogens is 1. The van der Waals surface area contributed by atoms with Crippen molar-refractivity contribution in [2.75, 3.05) is 5.32 Å². The van der Waals surface area contributed by atoms with Gasteiger partial charge in [-0.1, -0.05) is 12.1 Å². The number of carbonyl (C=O) groups excluding carboxylic acids is 1. The monoisotopic (exact) mass is 435 g/mol. The molecule has 4 aromatic rings. The first-order valence-corrected chi connectivity index (χ1v) is 9.14. The third-order valence-corrected chi connectivity index (χ3v) is 4.51. The SMILES string of the molecule is O=C(Nc1ccc(Oc2cc(-n3cccn3)ncn2)cc1)c1ccccc1Br. The molecular weight excluding hydrogens is 422 g/mol. The van der Waals surface area contributed by atoms with Gasteiger partial charge in [0.15, 0.2) is 5.82 Å². The van der Waals surface area contributed by atoms with Crippen LogP contribution in [0.25, 0.3) is 5.82 Å². The molecule has 0 unspecified atom stereocenters. The number of hydrogen-bond donors (Lipinski definition) is 1. The van der Waals surface area contributed by atoms with Crippen LogP contribution in [-0.4, -0.2) is 25.7 Å². The average molecular weight is 436 g/mol. The van der Waals surface area contributed by atoms with Crippen LogP contribution in [0.2, 0.25) is 0 Å². The Hall–Kier alpha value is -3.52. The Balaban J connectivity index is 1.45. The number of nitrogens with one attached hydrogen (secondary N) is 1. The summed E-state index contributed by atoms with van der Waals surface area (Å²) in [5.41, 5.74) is 1.22. The van der Waals surface area contributed by atoms with E-state index in [2.05, 4.69) is 36.3 Å². The molecule has 1 N–H and O–H groups in total. The van der Waals surface area contributed by atoms with E-state index in [0.29, 0.717) is 28.7 Å². The normalized spacial score (nSPS) is 10.5. The fourth-order valence-corrected chi connectivity index (χ4v) is 2.95. The molecular formula is C20H14BrN5O2. The summed E-state index contributed by atoms with van der Waals surface area (Å²) in [4.78, 5) is 20.6. The number of ether oxygens (including phenoxy) is 1. The third-order valence-electron chi connectivity index (χ3n) is 3.82. The molecule has 0 saturated carbocycles. The van der Waals surface area contributed by atoms with E-state index in [4.69, 9.17) is 4.74 Å². The predicted molar refractivity (Wildman–Crippen MR) is 108 cm³/mol. The van der Waals surface area contributed by atoms with Gasteiger partial charge in [-0.25, -0.2) is 14.6 Å². The van der Waals surface area contributed by atoms with Gasteiger partial charge in [-0.15, -0.1) is 0 Å². The van der Waals surface area contributed by atoms with Crippen LogP contribution in [-0.2, 0) is 0 Å². The van der Waals surface area contributed by atoms with Crippen molar-refractivity contribution in [2.24, 2.45) is 0 Å². The van der Waals surface area contributed by atoms with Crippen molar-refractivity contribution in [2.45, 2.75) is 0 Å². The van der Waals surface area contributed by atoms with E-state index in [1.54, 1.807) is 53.5 Å². The molecule has 2 heterocycles. The number of carbonyl (C=O) groups is 1. The zero-order valence-corrected chi connectivity index (χ0v) is 16.1. The van der Waals surface area contributed by atoms with Crippen LogP contribution < -0.4 is 10.1 Å². The average Bonchev–Trinajstić information content (AvgIpc) is 3.25. The van der Waals surface area contributed by atoms with Crippen LogP contribution in [0.4, 0.5) is 5.69 Å². The Morgan fingerprint density at radius 1 is 1.04 bits per heavy atom. The summed E-state index contributed by atoms with van der Waals surface area (Å²) >= 11 is 3.38. The van der Waals surface area contributed by atoms with Gasteiger partial charge in [0.05, 0.1) is 5.56 Å². The first-order valence-electron chi connectivity index (χ1n) is 8.35. The van der Waals surface area contributed by atoms with Gasteiger partial charge < -0.3 is 10.1 Å². The summed E-state index contributed by atoms with van der Waals surface area (Å²) in [7, 11) is 0. The van der Waals surface area contributed by atoms with E-state index in [1.165, 1.54) is 6.33 Å². The van der Waals surface area contributed by atoms with Crippen LogP contribution in [0.15, 0.2) is 83.9 Å². The third kappa shape index (κ3) is 4.07. The highest BCUT2D eigenvalue weighted by Gasteiger charge is 2.10. The van der Waals surface area contributed by atoms with Gasteiger partial charge >= 0.3 is 0 Å². The van der Waals surface area contributed by atoms with Gasteiger partial charge in [-0.2, -0.15) is 5.10 Å². The summed E-state index contributed by atoms with van der Waals surface area (Å²) in [5, 5.41) is 6.99. The lowest BCUT2D eigenvalue weighted by atomic mass is 10.2. The van der Waals surface area contributed by atoms with Crippen molar-refractivity contribution < 1.29 is 9.53 Å². The largest absolute Gasteiger partial charge is 0.439 e. The van der Waals surface area contributed by atoms with Crippen LogP contribution in [0, 0.1) is 0 Å². The zero-order chi connectivity index (χ0) is 19.3. The minimum absolute atomic E-state index is 0.194. The molecule has 0 aliphatic carbocycles. The fraction of sp³-hybridized carbons (Fsp3) is 0. The quantitative estimate of drug-likeness (QED) is 0.499. The van der Waals surface area contributed by atoms with E-state index < -0.39 is 0 Å². The summed E-state index contributed by atoms with van der Waals surface area (Å²) in [5.74, 6) is 1.39. The molecule has 0 spiro atoms. The standard InChI is InChI=1S/C20H14BrN5O2/c21-17-5-2-1-4-16(17)20(27)25-14-6-8-15(9-7-14)28-19-12-18(22-13-23-19)26-11-3-10-24-26/h1-13H,(H,25,27). The maximum absolute atomic E-state index is 12.4. The van der Waals surface area contributed by atoms with Gasteiger partial charge in [0.2, 0.25) is 5.88 Å². The first kappa shape index (κ1) is 17.9. The lowest BCUT2D eigenvalue weighted by Crippen LogP contribution is -2.12. The highest BCUT2D eigenvalue weighted by molar-refractivity contribution is 9.10. The Kier molecular flexibility index (Phi) is 5.11. The molecule has 7 nitrogen and oxygen atoms in total. The van der Waals surface area contributed by atoms with Crippen molar-refractivity contribution in [3.63, 3.8) is 0 Å². The van der Waals surface area contributed by atoms with Gasteiger partial charge in [0.1, 0.15) is 12.1 Å². The Labute approximate surface area is 169 Å². The summed E-state index contributed by atoms with van der Waals surface area (Å²) in [6.45, 7) is 0. The molecule has 2 aromatic heterocycles. The number of amides is 1. The molecule has 2 aromatic carbocycles. The summed E-state index contributed by atoms with van der Waals surface area (Å²) < 4.78 is 8.13. The molecule has 4 rings (SSSR count). The molecule has 0 saturated heterocycles. The summed E-state index contributed by atoms with van der Waals surface area (Å²) in [6.07, 6.45) is 4.87. The number of anilines is 1. The molecule has 0 fully saturated rings. The van der Waals surface area contributed by atoms with Crippen molar-refractivity contribution in [1.29, 1.82) is 0 Å². The molecule has 0 bridgehead atoms. The molecule has 138 valence electrons. The maximum Gasteiger partial charge on any atom is 0.256 e. The predicted octanol–water partition coefficient (Wildman–Crippen LogP) is 4.47. The maximum atomic E-state index is 12.4. The Morgan fingerprint density at radius 3 is 2.61 bits per heavy atom. The molecule has 8 heteroatoms. The fourth-order valence-electron chi connectivity index (χ4n) is 2.49. The van der Waals surface area contributed by atoms with Crippen LogP contribution in [0.1, 0.15) is 10.4 Å². The van der Waals surface area contributed by atoms with Crippen LogP contribution in [0.3, 0.4) is 0 Å². The minimum atomic E-state index is -0.194. The second kappa shape index (κ2) is 8.01. The number of rotatable bonds is 5. The van der Waals surface area contributed by atoms with E-state index in [1.807, 2.05) is 24.3 Å². The first-order chi connectivity index (χ1) is 13.7. The van der Waals surface area contributed by atoms with Crippen LogP contribution >= 0.6 is 15.9 Å². The number of benzene rings is 2. The molecule has 28 heavy (non-hydrogen) atoms. The summed E-state index contributed by atoms with van der Waals surface area (Å²) in [6, 6.07) is 17.8. The second-order valence-corrected chi connectivity index (χ2v) is 6.58. The van der Waals surface area contributed by atoms with Gasteiger partial charge in [0.25, 0.3) is 5.91 Å². The molecule has 0 atom stereocenters. The minimum Gasteiger partial charge on any atom is -0.439 e. The molecule has 0 aliphatic rings. The molecule has 0 aliphatic heterocycles. The lowest BCUT2D eigenvalue weighted by molar-refractivity contribution is 0.102. The van der Waals surface area contributed by atoms with Crippen LogP contribution in [0.5, 0.6) is 11.6 Å². The number of nitrogens with zero attached hydrogens (tertiary/aromatic N) is 4. The lowest BCUT2D eigenvalue weighted by Gasteiger charge is -2.09. The molecule has 0 radical (unpaired) electrons. The van der Waals surface area contributed by atoms with Gasteiger partial charge in [-0.3, -0.25) is 4.79 Å². The number of aromatic nitrogens is 4. The smallest absolute Gasteiger partial charge is 0.256 e. The second-order valence-electron chi connectivity index (χ2n) is 5.73. The van der Waals surface area contributed by atoms with Crippen molar-refractivity contribution in [3.05, 3.63) is 89.4 Å². The zero-order valence-electron chi connectivity index (χ0n) is 14.5. The van der Waals surface area contributed by atoms with E-state index in [9.17, 15) is 4.79 Å². The number of hydrogen-bond acceptors (Lipinski definition) is 5. The van der Waals surface area contributed by atoms with Gasteiger partial charge in [0, 0.05) is 28.6 Å². The Morgan fingerprint density at radius 2 is 1.86 bits per heavy atom. The molecule has 1 amide bonds. The van der Waals surface area contributed by atoms with E-state index in [-0.39, 0.29) is 5.91 Å². The highest BCUT2D eigenvalue weighted by Crippen LogP contribution is 2.23. The van der Waals surface area contributed by atoms with Crippen molar-refractivity contribution >= 4 is 27.5 Å². The van der Waals surface area contributed by atoms with Gasteiger partial charge in [-0.05, 0) is 58.4 Å². The Bertz CT molecular complexity index is 1100. The van der Waals surface area contributed by atoms with E-state index in [0.717, 1.165) is 4.47 Å².